The molecule has 6 nitrogen and oxygen atoms in total. The van der Waals surface area contributed by atoms with Crippen molar-refractivity contribution in [3.63, 3.8) is 0 Å². The molecule has 1 aliphatic heterocycles. The van der Waals surface area contributed by atoms with Crippen LogP contribution in [0.5, 0.6) is 0 Å². The SMILES string of the molecule is COC1CCC(/N=c2\cc3n(-c4ccc(Cl)cc4)c4ccccc4nc-3cc2Nc2ccc(C)nc2)CC1. The van der Waals surface area contributed by atoms with Crippen molar-refractivity contribution >= 4 is 34.0 Å². The Balaban J connectivity index is 1.57. The molecule has 0 radical (unpaired) electrons. The zero-order chi connectivity index (χ0) is 26.1. The Labute approximate surface area is 227 Å². The topological polar surface area (TPSA) is 64.3 Å². The molecule has 0 spiro atoms. The maximum absolute atomic E-state index is 6.24. The zero-order valence-electron chi connectivity index (χ0n) is 21.6. The van der Waals surface area contributed by atoms with Crippen LogP contribution in [0.15, 0.2) is 84.0 Å². The van der Waals surface area contributed by atoms with Gasteiger partial charge in [-0.05, 0) is 93.3 Å². The quantitative estimate of drug-likeness (QED) is 0.250. The first-order chi connectivity index (χ1) is 18.6. The number of anilines is 2. The molecule has 0 bridgehead atoms. The van der Waals surface area contributed by atoms with Gasteiger partial charge in [0.15, 0.2) is 0 Å². The third-order valence-corrected chi connectivity index (χ3v) is 7.52. The van der Waals surface area contributed by atoms with Gasteiger partial charge in [-0.1, -0.05) is 23.7 Å². The molecule has 3 aromatic rings. The average Bonchev–Trinajstić information content (AvgIpc) is 2.94. The number of hydrogen-bond acceptors (Lipinski definition) is 5. The Hall–Kier alpha value is -3.74. The van der Waals surface area contributed by atoms with Gasteiger partial charge in [-0.2, -0.15) is 0 Å². The lowest BCUT2D eigenvalue weighted by molar-refractivity contribution is 0.0663. The zero-order valence-corrected chi connectivity index (χ0v) is 22.3. The van der Waals surface area contributed by atoms with Crippen molar-refractivity contribution in [2.45, 2.75) is 44.8 Å². The van der Waals surface area contributed by atoms with Crippen LogP contribution in [0, 0.1) is 6.92 Å². The normalized spacial score (nSPS) is 18.2. The number of ether oxygens (including phenoxy) is 1. The number of nitrogens with one attached hydrogen (secondary N) is 1. The van der Waals surface area contributed by atoms with Gasteiger partial charge in [0.05, 0.1) is 57.5 Å². The highest BCUT2D eigenvalue weighted by molar-refractivity contribution is 6.30. The van der Waals surface area contributed by atoms with Crippen molar-refractivity contribution in [3.8, 4) is 17.1 Å². The molecule has 1 fully saturated rings. The second-order valence-electron chi connectivity index (χ2n) is 9.88. The van der Waals surface area contributed by atoms with Crippen molar-refractivity contribution in [1.29, 1.82) is 0 Å². The van der Waals surface area contributed by atoms with Crippen molar-refractivity contribution in [2.24, 2.45) is 4.99 Å². The molecule has 0 atom stereocenters. The number of halogens is 1. The molecule has 6 rings (SSSR count). The molecule has 1 aromatic heterocycles. The summed E-state index contributed by atoms with van der Waals surface area (Å²) in [6.45, 7) is 1.99. The molecule has 192 valence electrons. The highest BCUT2D eigenvalue weighted by Crippen LogP contribution is 2.31. The van der Waals surface area contributed by atoms with E-state index in [9.17, 15) is 0 Å². The predicted molar refractivity (Wildman–Crippen MR) is 154 cm³/mol. The van der Waals surface area contributed by atoms with Crippen LogP contribution in [0.4, 0.5) is 11.4 Å². The van der Waals surface area contributed by atoms with Gasteiger partial charge < -0.3 is 14.6 Å². The highest BCUT2D eigenvalue weighted by atomic mass is 35.5. The van der Waals surface area contributed by atoms with Crippen molar-refractivity contribution in [2.75, 3.05) is 12.4 Å². The minimum Gasteiger partial charge on any atom is -0.381 e. The Bertz CT molecular complexity index is 1600. The molecule has 38 heavy (non-hydrogen) atoms. The molecule has 2 heterocycles. The summed E-state index contributed by atoms with van der Waals surface area (Å²) in [6, 6.07) is 24.7. The van der Waals surface area contributed by atoms with E-state index in [1.807, 2.05) is 67.7 Å². The minimum atomic E-state index is 0.243. The van der Waals surface area contributed by atoms with Gasteiger partial charge in [0.25, 0.3) is 0 Å². The molecule has 2 aliphatic carbocycles. The van der Waals surface area contributed by atoms with Crippen LogP contribution < -0.4 is 10.7 Å². The van der Waals surface area contributed by atoms with Gasteiger partial charge in [0.1, 0.15) is 0 Å². The minimum absolute atomic E-state index is 0.243. The van der Waals surface area contributed by atoms with Crippen LogP contribution in [0.25, 0.3) is 28.1 Å². The fraction of sp³-hybridized carbons (Fsp3) is 0.258. The van der Waals surface area contributed by atoms with E-state index in [-0.39, 0.29) is 6.04 Å². The second-order valence-corrected chi connectivity index (χ2v) is 10.3. The van der Waals surface area contributed by atoms with Crippen molar-refractivity contribution < 1.29 is 4.74 Å². The van der Waals surface area contributed by atoms with Gasteiger partial charge in [-0.25, -0.2) is 4.98 Å². The first-order valence-corrected chi connectivity index (χ1v) is 13.4. The predicted octanol–water partition coefficient (Wildman–Crippen LogP) is 7.09. The van der Waals surface area contributed by atoms with Gasteiger partial charge in [0.2, 0.25) is 0 Å². The number of rotatable bonds is 5. The molecule has 7 heteroatoms. The smallest absolute Gasteiger partial charge is 0.0900 e. The molecule has 1 N–H and O–H groups in total. The summed E-state index contributed by atoms with van der Waals surface area (Å²) in [5.74, 6) is 0. The van der Waals surface area contributed by atoms with E-state index in [4.69, 9.17) is 26.3 Å². The highest BCUT2D eigenvalue weighted by Gasteiger charge is 2.21. The van der Waals surface area contributed by atoms with Gasteiger partial charge >= 0.3 is 0 Å². The summed E-state index contributed by atoms with van der Waals surface area (Å²) in [4.78, 5) is 14.8. The number of benzene rings is 3. The third-order valence-electron chi connectivity index (χ3n) is 7.27. The van der Waals surface area contributed by atoms with E-state index in [2.05, 4.69) is 33.1 Å². The Kier molecular flexibility index (Phi) is 6.83. The monoisotopic (exact) mass is 523 g/mol. The number of fused-ring (bicyclic) bond motifs is 2. The first-order valence-electron chi connectivity index (χ1n) is 13.1. The second kappa shape index (κ2) is 10.6. The standard InChI is InChI=1S/C31H30ClN5O/c1-20-7-10-23(19-33-20)35-27-17-29-31(18-28(27)34-22-11-15-25(38-2)16-12-22)37(24-13-8-21(32)9-14-24)30-6-4-3-5-26(30)36-29/h3-10,13-14,17-19,22,25,35H,11-12,15-16H2,1-2H3/b34-28+. The molecular formula is C31H30ClN5O. The van der Waals surface area contributed by atoms with Gasteiger partial charge in [0, 0.05) is 23.5 Å². The van der Waals surface area contributed by atoms with Crippen molar-refractivity contribution in [1.82, 2.24) is 14.5 Å². The van der Waals surface area contributed by atoms with E-state index in [1.54, 1.807) is 7.11 Å². The Morgan fingerprint density at radius 2 is 1.76 bits per heavy atom. The number of hydrogen-bond donors (Lipinski definition) is 1. The lowest BCUT2D eigenvalue weighted by Gasteiger charge is -2.25. The molecule has 0 amide bonds. The molecule has 0 unspecified atom stereocenters. The van der Waals surface area contributed by atoms with Crippen LogP contribution in [0.3, 0.4) is 0 Å². The number of aryl methyl sites for hydroxylation is 1. The van der Waals surface area contributed by atoms with Crippen LogP contribution in [-0.4, -0.2) is 33.8 Å². The van der Waals surface area contributed by atoms with Crippen LogP contribution in [-0.2, 0) is 4.74 Å². The Morgan fingerprint density at radius 1 is 0.974 bits per heavy atom. The lowest BCUT2D eigenvalue weighted by atomic mass is 9.93. The number of nitrogens with zero attached hydrogens (tertiary/aromatic N) is 4. The molecule has 3 aliphatic rings. The third kappa shape index (κ3) is 5.02. The van der Waals surface area contributed by atoms with Crippen LogP contribution in [0.1, 0.15) is 31.4 Å². The maximum atomic E-state index is 6.24. The number of methoxy groups -OCH3 is 1. The maximum Gasteiger partial charge on any atom is 0.0900 e. The summed E-state index contributed by atoms with van der Waals surface area (Å²) in [5.41, 5.74) is 7.64. The molecular weight excluding hydrogens is 494 g/mol. The number of aromatic nitrogens is 3. The number of pyridine rings is 1. The molecule has 1 saturated carbocycles. The number of para-hydroxylation sites is 2. The summed E-state index contributed by atoms with van der Waals surface area (Å²) in [6.07, 6.45) is 6.26. The van der Waals surface area contributed by atoms with E-state index >= 15 is 0 Å². The summed E-state index contributed by atoms with van der Waals surface area (Å²) >= 11 is 6.24. The summed E-state index contributed by atoms with van der Waals surface area (Å²) < 4.78 is 7.83. The largest absolute Gasteiger partial charge is 0.381 e. The Morgan fingerprint density at radius 3 is 2.50 bits per heavy atom. The van der Waals surface area contributed by atoms with Crippen LogP contribution in [0.2, 0.25) is 5.02 Å². The van der Waals surface area contributed by atoms with Gasteiger partial charge in [-0.3, -0.25) is 9.98 Å². The summed E-state index contributed by atoms with van der Waals surface area (Å²) in [7, 11) is 1.80. The molecule has 0 saturated heterocycles. The lowest BCUT2D eigenvalue weighted by Crippen LogP contribution is -2.25. The van der Waals surface area contributed by atoms with Crippen molar-refractivity contribution in [3.05, 3.63) is 95.1 Å². The fourth-order valence-electron chi connectivity index (χ4n) is 5.22. The van der Waals surface area contributed by atoms with E-state index in [0.29, 0.717) is 11.1 Å². The first kappa shape index (κ1) is 24.6. The van der Waals surface area contributed by atoms with Gasteiger partial charge in [-0.15, -0.1) is 0 Å². The molecule has 2 aromatic carbocycles. The van der Waals surface area contributed by atoms with E-state index in [1.165, 1.54) is 0 Å². The van der Waals surface area contributed by atoms with E-state index in [0.717, 1.165) is 76.2 Å². The average molecular weight is 524 g/mol. The van der Waals surface area contributed by atoms with E-state index < -0.39 is 0 Å². The fourth-order valence-corrected chi connectivity index (χ4v) is 5.35. The van der Waals surface area contributed by atoms with Crippen LogP contribution >= 0.6 is 11.6 Å². The summed E-state index contributed by atoms with van der Waals surface area (Å²) in [5, 5.41) is 5.19.